The molecule has 0 saturated carbocycles. The first-order chi connectivity index (χ1) is 16.3. The lowest BCUT2D eigenvalue weighted by Crippen LogP contribution is -2.41. The summed E-state index contributed by atoms with van der Waals surface area (Å²) in [6, 6.07) is 27.9. The fourth-order valence-electron chi connectivity index (χ4n) is 4.75. The molecular formula is C29H27BN2O2. The van der Waals surface area contributed by atoms with Gasteiger partial charge in [-0.25, -0.2) is 0 Å². The van der Waals surface area contributed by atoms with Crippen molar-refractivity contribution in [1.29, 1.82) is 0 Å². The smallest absolute Gasteiger partial charge is 0.399 e. The summed E-state index contributed by atoms with van der Waals surface area (Å²) >= 11 is 0. The Hall–Kier alpha value is -3.41. The zero-order valence-electron chi connectivity index (χ0n) is 19.9. The molecule has 3 aromatic carbocycles. The van der Waals surface area contributed by atoms with Crippen LogP contribution in [0.25, 0.3) is 38.6 Å². The van der Waals surface area contributed by atoms with E-state index in [0.29, 0.717) is 0 Å². The zero-order chi connectivity index (χ0) is 23.5. The molecule has 0 bridgehead atoms. The number of hydrogen-bond donors (Lipinski definition) is 0. The summed E-state index contributed by atoms with van der Waals surface area (Å²) in [7, 11) is -0.432. The first-order valence-corrected chi connectivity index (χ1v) is 11.7. The molecule has 1 aliphatic rings. The van der Waals surface area contributed by atoms with Gasteiger partial charge in [-0.05, 0) is 63.1 Å². The molecule has 4 nitrogen and oxygen atoms in total. The van der Waals surface area contributed by atoms with Crippen molar-refractivity contribution in [2.75, 3.05) is 0 Å². The molecule has 1 saturated heterocycles. The zero-order valence-corrected chi connectivity index (χ0v) is 19.9. The number of fused-ring (bicyclic) bond motifs is 3. The topological polar surface area (TPSA) is 36.3 Å². The number of aromatic nitrogens is 2. The average molecular weight is 446 g/mol. The van der Waals surface area contributed by atoms with Gasteiger partial charge < -0.3 is 13.9 Å². The molecule has 168 valence electrons. The minimum atomic E-state index is -0.432. The summed E-state index contributed by atoms with van der Waals surface area (Å²) in [6.45, 7) is 8.28. The lowest BCUT2D eigenvalue weighted by atomic mass is 9.79. The van der Waals surface area contributed by atoms with Crippen LogP contribution < -0.4 is 5.46 Å². The Labute approximate surface area is 200 Å². The number of nitrogens with zero attached hydrogens (tertiary/aromatic N) is 2. The highest BCUT2D eigenvalue weighted by atomic mass is 16.7. The summed E-state index contributed by atoms with van der Waals surface area (Å²) in [5.41, 5.74) is 5.82. The van der Waals surface area contributed by atoms with Crippen molar-refractivity contribution in [3.8, 4) is 16.8 Å². The van der Waals surface area contributed by atoms with Gasteiger partial charge in [0.05, 0.1) is 22.2 Å². The van der Waals surface area contributed by atoms with E-state index in [0.717, 1.165) is 22.3 Å². The van der Waals surface area contributed by atoms with Crippen molar-refractivity contribution in [2.45, 2.75) is 38.9 Å². The molecule has 0 radical (unpaired) electrons. The molecule has 0 spiro atoms. The predicted octanol–water partition coefficient (Wildman–Crippen LogP) is 6.14. The van der Waals surface area contributed by atoms with E-state index in [1.54, 1.807) is 0 Å². The van der Waals surface area contributed by atoms with E-state index < -0.39 is 7.12 Å². The van der Waals surface area contributed by atoms with Crippen LogP contribution in [0.15, 0.2) is 91.3 Å². The van der Waals surface area contributed by atoms with E-state index in [2.05, 4.69) is 116 Å². The van der Waals surface area contributed by atoms with Gasteiger partial charge in [-0.3, -0.25) is 4.98 Å². The van der Waals surface area contributed by atoms with E-state index in [1.807, 2.05) is 12.4 Å². The number of rotatable bonds is 3. The number of hydrogen-bond acceptors (Lipinski definition) is 3. The molecule has 0 amide bonds. The second kappa shape index (κ2) is 7.56. The molecule has 1 fully saturated rings. The summed E-state index contributed by atoms with van der Waals surface area (Å²) in [5.74, 6) is 0. The van der Waals surface area contributed by atoms with E-state index >= 15 is 0 Å². The molecule has 5 aromatic rings. The highest BCUT2D eigenvalue weighted by Crippen LogP contribution is 2.37. The Kier molecular flexibility index (Phi) is 4.70. The maximum atomic E-state index is 6.25. The standard InChI is InChI=1S/C29H27BN2O2/c1-28(2)29(3,4)34-30(33-28)22-16-21(18-31-19-22)20-10-9-11-23(17-20)32-26-14-7-5-12-24(26)25-13-6-8-15-27(25)32/h5-19H,1-4H3. The van der Waals surface area contributed by atoms with Crippen molar-refractivity contribution in [2.24, 2.45) is 0 Å². The van der Waals surface area contributed by atoms with Crippen molar-refractivity contribution in [3.63, 3.8) is 0 Å². The van der Waals surface area contributed by atoms with Gasteiger partial charge in [0.25, 0.3) is 0 Å². The third kappa shape index (κ3) is 3.27. The second-order valence-electron chi connectivity index (χ2n) is 10.0. The highest BCUT2D eigenvalue weighted by Gasteiger charge is 2.51. The monoisotopic (exact) mass is 446 g/mol. The molecular weight excluding hydrogens is 419 g/mol. The predicted molar refractivity (Wildman–Crippen MR) is 140 cm³/mol. The summed E-state index contributed by atoms with van der Waals surface area (Å²) in [4.78, 5) is 4.53. The quantitative estimate of drug-likeness (QED) is 0.312. The largest absolute Gasteiger partial charge is 0.496 e. The molecule has 1 aliphatic heterocycles. The Morgan fingerprint density at radius 3 is 1.94 bits per heavy atom. The molecule has 5 heteroatoms. The van der Waals surface area contributed by atoms with Gasteiger partial charge in [-0.2, -0.15) is 0 Å². The lowest BCUT2D eigenvalue weighted by Gasteiger charge is -2.32. The lowest BCUT2D eigenvalue weighted by molar-refractivity contribution is 0.00578. The third-order valence-corrected chi connectivity index (χ3v) is 7.30. The van der Waals surface area contributed by atoms with Crippen molar-refractivity contribution in [3.05, 3.63) is 91.3 Å². The van der Waals surface area contributed by atoms with E-state index in [9.17, 15) is 0 Å². The van der Waals surface area contributed by atoms with Crippen molar-refractivity contribution >= 4 is 34.4 Å². The summed E-state index contributed by atoms with van der Waals surface area (Å²) in [5, 5.41) is 2.51. The van der Waals surface area contributed by atoms with E-state index in [4.69, 9.17) is 9.31 Å². The highest BCUT2D eigenvalue weighted by molar-refractivity contribution is 6.62. The number of pyridine rings is 1. The molecule has 0 unspecified atom stereocenters. The Morgan fingerprint density at radius 2 is 1.29 bits per heavy atom. The molecule has 0 N–H and O–H groups in total. The maximum Gasteiger partial charge on any atom is 0.496 e. The van der Waals surface area contributed by atoms with Crippen LogP contribution >= 0.6 is 0 Å². The summed E-state index contributed by atoms with van der Waals surface area (Å²) < 4.78 is 14.8. The first kappa shape index (κ1) is 21.1. The molecule has 34 heavy (non-hydrogen) atoms. The maximum absolute atomic E-state index is 6.25. The van der Waals surface area contributed by atoms with E-state index in [1.165, 1.54) is 21.8 Å². The Bertz CT molecular complexity index is 1470. The van der Waals surface area contributed by atoms with Crippen LogP contribution in [0.1, 0.15) is 27.7 Å². The number of benzene rings is 3. The normalized spacial score (nSPS) is 17.0. The Morgan fingerprint density at radius 1 is 0.676 bits per heavy atom. The SMILES string of the molecule is CC1(C)OB(c2cncc(-c3cccc(-n4c5ccccc5c5ccccc54)c3)c2)OC1(C)C. The molecule has 0 aliphatic carbocycles. The molecule has 3 heterocycles. The van der Waals surface area contributed by atoms with E-state index in [-0.39, 0.29) is 11.2 Å². The summed E-state index contributed by atoms with van der Waals surface area (Å²) in [6.07, 6.45) is 3.74. The van der Waals surface area contributed by atoms with Gasteiger partial charge in [-0.1, -0.05) is 54.6 Å². The number of para-hydroxylation sites is 2. The molecule has 6 rings (SSSR count). The van der Waals surface area contributed by atoms with Gasteiger partial charge >= 0.3 is 7.12 Å². The van der Waals surface area contributed by atoms with Crippen LogP contribution in [0.5, 0.6) is 0 Å². The van der Waals surface area contributed by atoms with Crippen LogP contribution in [-0.4, -0.2) is 27.9 Å². The third-order valence-electron chi connectivity index (χ3n) is 7.30. The molecule has 0 atom stereocenters. The van der Waals surface area contributed by atoms with Gasteiger partial charge in [-0.15, -0.1) is 0 Å². The fraction of sp³-hybridized carbons (Fsp3) is 0.207. The van der Waals surface area contributed by atoms with Gasteiger partial charge in [0.15, 0.2) is 0 Å². The fourth-order valence-corrected chi connectivity index (χ4v) is 4.75. The van der Waals surface area contributed by atoms with Crippen LogP contribution in [0.3, 0.4) is 0 Å². The van der Waals surface area contributed by atoms with Gasteiger partial charge in [0.1, 0.15) is 0 Å². The van der Waals surface area contributed by atoms with Gasteiger partial charge in [0.2, 0.25) is 0 Å². The van der Waals surface area contributed by atoms with Crippen molar-refractivity contribution in [1.82, 2.24) is 9.55 Å². The van der Waals surface area contributed by atoms with Crippen LogP contribution in [-0.2, 0) is 9.31 Å². The van der Waals surface area contributed by atoms with Crippen LogP contribution in [0.4, 0.5) is 0 Å². The minimum Gasteiger partial charge on any atom is -0.399 e. The second-order valence-corrected chi connectivity index (χ2v) is 10.0. The van der Waals surface area contributed by atoms with Crippen LogP contribution in [0, 0.1) is 0 Å². The van der Waals surface area contributed by atoms with Crippen molar-refractivity contribution < 1.29 is 9.31 Å². The minimum absolute atomic E-state index is 0.385. The first-order valence-electron chi connectivity index (χ1n) is 11.7. The Balaban J connectivity index is 1.44. The van der Waals surface area contributed by atoms with Gasteiger partial charge in [0, 0.05) is 34.3 Å². The van der Waals surface area contributed by atoms with Crippen LogP contribution in [0.2, 0.25) is 0 Å². The average Bonchev–Trinajstić information content (AvgIpc) is 3.29. The molecule has 2 aromatic heterocycles.